The van der Waals surface area contributed by atoms with E-state index in [-0.39, 0.29) is 0 Å². The van der Waals surface area contributed by atoms with E-state index >= 15 is 0 Å². The molecule has 2 aromatic carbocycles. The van der Waals surface area contributed by atoms with Gasteiger partial charge in [0.15, 0.2) is 5.65 Å². The number of aromatic nitrogens is 5. The molecule has 31 heavy (non-hydrogen) atoms. The van der Waals surface area contributed by atoms with Crippen LogP contribution in [-0.4, -0.2) is 50.8 Å². The zero-order valence-electron chi connectivity index (χ0n) is 17.0. The maximum Gasteiger partial charge on any atom is 0.228 e. The van der Waals surface area contributed by atoms with Crippen LogP contribution < -0.4 is 4.90 Å². The summed E-state index contributed by atoms with van der Waals surface area (Å²) in [6.07, 6.45) is 3.82. The van der Waals surface area contributed by atoms with Crippen molar-refractivity contribution in [3.05, 3.63) is 72.7 Å². The first-order valence-electron chi connectivity index (χ1n) is 10.5. The summed E-state index contributed by atoms with van der Waals surface area (Å²) in [5.74, 6) is 0.731. The van der Waals surface area contributed by atoms with E-state index in [1.165, 1.54) is 5.56 Å². The van der Waals surface area contributed by atoms with Crippen molar-refractivity contribution in [1.29, 1.82) is 0 Å². The number of benzene rings is 2. The Hall–Kier alpha value is -3.71. The second-order valence-electron chi connectivity index (χ2n) is 7.78. The number of rotatable bonds is 4. The number of morpholine rings is 1. The minimum Gasteiger partial charge on any atom is -0.378 e. The first kappa shape index (κ1) is 18.1. The molecule has 154 valence electrons. The van der Waals surface area contributed by atoms with Gasteiger partial charge in [0.05, 0.1) is 26.1 Å². The van der Waals surface area contributed by atoms with Crippen molar-refractivity contribution in [2.75, 3.05) is 31.2 Å². The number of nitrogens with one attached hydrogen (secondary N) is 1. The van der Waals surface area contributed by atoms with Gasteiger partial charge in [-0.15, -0.1) is 0 Å². The van der Waals surface area contributed by atoms with Crippen LogP contribution in [0.5, 0.6) is 0 Å². The lowest BCUT2D eigenvalue weighted by Gasteiger charge is -2.27. The fourth-order valence-corrected chi connectivity index (χ4v) is 4.14. The average molecular weight is 410 g/mol. The maximum absolute atomic E-state index is 5.53. The van der Waals surface area contributed by atoms with E-state index in [9.17, 15) is 0 Å². The molecule has 0 amide bonds. The van der Waals surface area contributed by atoms with Gasteiger partial charge in [0.1, 0.15) is 11.2 Å². The van der Waals surface area contributed by atoms with Gasteiger partial charge in [0, 0.05) is 35.8 Å². The minimum absolute atomic E-state index is 0.690. The molecule has 1 fully saturated rings. The largest absolute Gasteiger partial charge is 0.378 e. The van der Waals surface area contributed by atoms with E-state index in [1.807, 2.05) is 18.6 Å². The molecule has 1 aliphatic heterocycles. The molecular weight excluding hydrogens is 388 g/mol. The molecule has 3 aromatic heterocycles. The molecular formula is C24H22N6O. The number of imidazole rings is 1. The van der Waals surface area contributed by atoms with E-state index in [4.69, 9.17) is 19.7 Å². The van der Waals surface area contributed by atoms with Crippen molar-refractivity contribution in [1.82, 2.24) is 24.5 Å². The second-order valence-corrected chi connectivity index (χ2v) is 7.78. The number of hydrogen-bond donors (Lipinski definition) is 1. The number of H-pyrrole nitrogens is 1. The highest BCUT2D eigenvalue weighted by atomic mass is 16.5. The molecule has 0 saturated carbocycles. The van der Waals surface area contributed by atoms with E-state index < -0.39 is 0 Å². The van der Waals surface area contributed by atoms with Crippen LogP contribution in [0.1, 0.15) is 5.56 Å². The summed E-state index contributed by atoms with van der Waals surface area (Å²) in [6, 6.07) is 18.8. The average Bonchev–Trinajstić information content (AvgIpc) is 3.46. The first-order chi connectivity index (χ1) is 15.3. The summed E-state index contributed by atoms with van der Waals surface area (Å²) >= 11 is 0. The van der Waals surface area contributed by atoms with Crippen LogP contribution in [0, 0.1) is 0 Å². The van der Waals surface area contributed by atoms with Crippen LogP contribution in [-0.2, 0) is 11.3 Å². The SMILES string of the molecule is c1ccc(Cn2cnc3c(-c4ccc5[nH]ccc5c4)nc(N4CCOCC4)nc32)cc1. The standard InChI is InChI=1S/C24H22N6O/c1-2-4-17(5-3-1)15-30-16-26-22-21(19-6-7-20-18(14-19)8-9-25-20)27-24(28-23(22)30)29-10-12-31-13-11-29/h1-9,14,16,25H,10-13,15H2. The maximum atomic E-state index is 5.53. The highest BCUT2D eigenvalue weighted by Gasteiger charge is 2.20. The summed E-state index contributed by atoms with van der Waals surface area (Å²) in [7, 11) is 0. The molecule has 1 aliphatic rings. The van der Waals surface area contributed by atoms with Gasteiger partial charge in [-0.25, -0.2) is 9.97 Å². The molecule has 0 unspecified atom stereocenters. The van der Waals surface area contributed by atoms with Gasteiger partial charge in [-0.3, -0.25) is 0 Å². The van der Waals surface area contributed by atoms with Gasteiger partial charge < -0.3 is 19.2 Å². The quantitative estimate of drug-likeness (QED) is 0.487. The summed E-state index contributed by atoms with van der Waals surface area (Å²) < 4.78 is 7.64. The predicted molar refractivity (Wildman–Crippen MR) is 121 cm³/mol. The van der Waals surface area contributed by atoms with E-state index in [1.54, 1.807) is 0 Å². The van der Waals surface area contributed by atoms with Gasteiger partial charge >= 0.3 is 0 Å². The zero-order valence-corrected chi connectivity index (χ0v) is 17.0. The fourth-order valence-electron chi connectivity index (χ4n) is 4.14. The smallest absolute Gasteiger partial charge is 0.228 e. The van der Waals surface area contributed by atoms with Crippen LogP contribution >= 0.6 is 0 Å². The Kier molecular flexibility index (Phi) is 4.39. The molecule has 1 N–H and O–H groups in total. The summed E-state index contributed by atoms with van der Waals surface area (Å²) in [4.78, 5) is 20.1. The monoisotopic (exact) mass is 410 g/mol. The van der Waals surface area contributed by atoms with Gasteiger partial charge in [-0.05, 0) is 23.8 Å². The normalized spacial score (nSPS) is 14.5. The van der Waals surface area contributed by atoms with E-state index in [2.05, 4.69) is 63.0 Å². The van der Waals surface area contributed by atoms with E-state index in [0.717, 1.165) is 52.4 Å². The highest BCUT2D eigenvalue weighted by molar-refractivity contribution is 5.92. The topological polar surface area (TPSA) is 71.9 Å². The molecule has 5 aromatic rings. The lowest BCUT2D eigenvalue weighted by atomic mass is 10.1. The van der Waals surface area contributed by atoms with Crippen LogP contribution in [0.25, 0.3) is 33.3 Å². The first-order valence-corrected chi connectivity index (χ1v) is 10.5. The third-order valence-electron chi connectivity index (χ3n) is 5.77. The van der Waals surface area contributed by atoms with Gasteiger partial charge in [-0.1, -0.05) is 36.4 Å². The van der Waals surface area contributed by atoms with Crippen molar-refractivity contribution >= 4 is 28.0 Å². The third-order valence-corrected chi connectivity index (χ3v) is 5.77. The zero-order chi connectivity index (χ0) is 20.6. The third kappa shape index (κ3) is 3.33. The molecule has 0 spiro atoms. The Balaban J connectivity index is 1.52. The van der Waals surface area contributed by atoms with Crippen LogP contribution in [0.4, 0.5) is 5.95 Å². The molecule has 0 bridgehead atoms. The van der Waals surface area contributed by atoms with Crippen LogP contribution in [0.15, 0.2) is 67.1 Å². The number of fused-ring (bicyclic) bond motifs is 2. The minimum atomic E-state index is 0.690. The molecule has 4 heterocycles. The molecule has 0 radical (unpaired) electrons. The van der Waals surface area contributed by atoms with Crippen molar-refractivity contribution in [2.24, 2.45) is 0 Å². The molecule has 0 aliphatic carbocycles. The summed E-state index contributed by atoms with van der Waals surface area (Å²) in [6.45, 7) is 3.67. The van der Waals surface area contributed by atoms with Gasteiger partial charge in [0.2, 0.25) is 5.95 Å². The molecule has 7 heteroatoms. The van der Waals surface area contributed by atoms with E-state index in [0.29, 0.717) is 19.8 Å². The lowest BCUT2D eigenvalue weighted by molar-refractivity contribution is 0.122. The Labute approximate surface area is 179 Å². The Bertz CT molecular complexity index is 1350. The second kappa shape index (κ2) is 7.52. The molecule has 6 rings (SSSR count). The van der Waals surface area contributed by atoms with Crippen molar-refractivity contribution in [2.45, 2.75) is 6.54 Å². The lowest BCUT2D eigenvalue weighted by Crippen LogP contribution is -2.37. The van der Waals surface area contributed by atoms with Crippen molar-refractivity contribution in [3.8, 4) is 11.3 Å². The Morgan fingerprint density at radius 2 is 1.84 bits per heavy atom. The van der Waals surface area contributed by atoms with Gasteiger partial charge in [-0.2, -0.15) is 4.98 Å². The highest BCUT2D eigenvalue weighted by Crippen LogP contribution is 2.30. The number of ether oxygens (including phenoxy) is 1. The number of nitrogens with zero attached hydrogens (tertiary/aromatic N) is 5. The number of anilines is 1. The number of hydrogen-bond acceptors (Lipinski definition) is 5. The Morgan fingerprint density at radius 1 is 0.968 bits per heavy atom. The number of aromatic amines is 1. The van der Waals surface area contributed by atoms with Crippen molar-refractivity contribution < 1.29 is 4.74 Å². The Morgan fingerprint density at radius 3 is 2.71 bits per heavy atom. The molecule has 0 atom stereocenters. The summed E-state index contributed by atoms with van der Waals surface area (Å²) in [5.41, 5.74) is 5.90. The van der Waals surface area contributed by atoms with Crippen molar-refractivity contribution in [3.63, 3.8) is 0 Å². The van der Waals surface area contributed by atoms with Gasteiger partial charge in [0.25, 0.3) is 0 Å². The predicted octanol–water partition coefficient (Wildman–Crippen LogP) is 3.86. The van der Waals surface area contributed by atoms with Crippen LogP contribution in [0.3, 0.4) is 0 Å². The summed E-state index contributed by atoms with van der Waals surface area (Å²) in [5, 5.41) is 1.15. The van der Waals surface area contributed by atoms with Crippen LogP contribution in [0.2, 0.25) is 0 Å². The fraction of sp³-hybridized carbons (Fsp3) is 0.208. The molecule has 1 saturated heterocycles. The molecule has 7 nitrogen and oxygen atoms in total.